The monoisotopic (exact) mass is 332 g/mol. The number of rotatable bonds is 2. The second-order valence-electron chi connectivity index (χ2n) is 2.36. The molecule has 0 unspecified atom stereocenters. The molecule has 0 aromatic carbocycles. The summed E-state index contributed by atoms with van der Waals surface area (Å²) in [6.07, 6.45) is -2.87. The minimum Gasteiger partial charge on any atom is -0.366 e. The van der Waals surface area contributed by atoms with Crippen LogP contribution in [0, 0.1) is 3.70 Å². The van der Waals surface area contributed by atoms with Crippen molar-refractivity contribution in [2.75, 3.05) is 0 Å². The molecular weight excluding hydrogens is 328 g/mol. The molecule has 0 aliphatic rings. The van der Waals surface area contributed by atoms with Crippen molar-refractivity contribution in [1.29, 1.82) is 0 Å². The van der Waals surface area contributed by atoms with E-state index in [0.717, 1.165) is 0 Å². The van der Waals surface area contributed by atoms with Crippen LogP contribution in [0.15, 0.2) is 6.07 Å². The van der Waals surface area contributed by atoms with E-state index in [4.69, 9.17) is 17.3 Å². The van der Waals surface area contributed by atoms with Gasteiger partial charge in [0.25, 0.3) is 6.43 Å². The molecule has 1 aromatic heterocycles. The van der Waals surface area contributed by atoms with E-state index in [-0.39, 0.29) is 10.7 Å². The molecule has 0 aliphatic carbocycles. The number of nitrogens with zero attached hydrogens (tertiary/aromatic N) is 1. The summed E-state index contributed by atoms with van der Waals surface area (Å²) >= 11 is 7.23. The van der Waals surface area contributed by atoms with Crippen LogP contribution in [0.25, 0.3) is 0 Å². The van der Waals surface area contributed by atoms with Gasteiger partial charge in [0.2, 0.25) is 5.91 Å². The summed E-state index contributed by atoms with van der Waals surface area (Å²) in [5.74, 6) is -0.942. The molecule has 1 rings (SSSR count). The number of carbonyl (C=O) groups excluding carboxylic acids is 1. The first-order valence-electron chi connectivity index (χ1n) is 3.37. The zero-order valence-electron chi connectivity index (χ0n) is 6.60. The molecule has 1 aromatic rings. The van der Waals surface area contributed by atoms with Crippen molar-refractivity contribution in [2.45, 2.75) is 6.43 Å². The minimum atomic E-state index is -2.87. The predicted octanol–water partition coefficient (Wildman–Crippen LogP) is 2.38. The van der Waals surface area contributed by atoms with Crippen LogP contribution in [0.2, 0.25) is 5.15 Å². The number of aromatic nitrogens is 1. The fourth-order valence-corrected chi connectivity index (χ4v) is 1.88. The molecule has 14 heavy (non-hydrogen) atoms. The Balaban J connectivity index is 3.44. The molecule has 0 aliphatic heterocycles. The summed E-state index contributed by atoms with van der Waals surface area (Å²) in [5.41, 5.74) is 4.03. The van der Waals surface area contributed by atoms with Gasteiger partial charge in [0.1, 0.15) is 8.85 Å². The Hall–Kier alpha value is -0.500. The number of amides is 1. The number of primary amides is 1. The van der Waals surface area contributed by atoms with Crippen LogP contribution >= 0.6 is 34.2 Å². The van der Waals surface area contributed by atoms with Crippen molar-refractivity contribution < 1.29 is 13.6 Å². The van der Waals surface area contributed by atoms with Crippen LogP contribution in [0.4, 0.5) is 8.78 Å². The SMILES string of the molecule is NC(=O)c1cc(I)nc(Cl)c1C(F)F. The summed E-state index contributed by atoms with van der Waals surface area (Å²) in [5, 5.41) is -0.388. The predicted molar refractivity (Wildman–Crippen MR) is 55.4 cm³/mol. The van der Waals surface area contributed by atoms with E-state index in [1.807, 2.05) is 0 Å². The molecule has 7 heteroatoms. The lowest BCUT2D eigenvalue weighted by molar-refractivity contribution is 0.0985. The van der Waals surface area contributed by atoms with E-state index in [1.54, 1.807) is 22.6 Å². The molecule has 3 nitrogen and oxygen atoms in total. The molecule has 0 fully saturated rings. The molecule has 0 saturated carbocycles. The lowest BCUT2D eigenvalue weighted by Gasteiger charge is -2.07. The van der Waals surface area contributed by atoms with Crippen molar-refractivity contribution in [3.8, 4) is 0 Å². The van der Waals surface area contributed by atoms with Gasteiger partial charge in [-0.05, 0) is 28.7 Å². The van der Waals surface area contributed by atoms with Crippen LogP contribution < -0.4 is 5.73 Å². The smallest absolute Gasteiger partial charge is 0.267 e. The Labute approximate surface area is 96.8 Å². The van der Waals surface area contributed by atoms with Crippen molar-refractivity contribution in [3.63, 3.8) is 0 Å². The van der Waals surface area contributed by atoms with E-state index in [2.05, 4.69) is 4.98 Å². The average molecular weight is 332 g/mol. The summed E-state index contributed by atoms with van der Waals surface area (Å²) < 4.78 is 25.2. The van der Waals surface area contributed by atoms with Crippen molar-refractivity contribution >= 4 is 40.1 Å². The number of pyridine rings is 1. The minimum absolute atomic E-state index is 0.288. The fourth-order valence-electron chi connectivity index (χ4n) is 0.906. The Kier molecular flexibility index (Phi) is 3.59. The first-order valence-corrected chi connectivity index (χ1v) is 4.83. The molecule has 0 atom stereocenters. The third kappa shape index (κ3) is 2.30. The maximum Gasteiger partial charge on any atom is 0.267 e. The van der Waals surface area contributed by atoms with Crippen LogP contribution in [-0.4, -0.2) is 10.9 Å². The van der Waals surface area contributed by atoms with Crippen molar-refractivity contribution in [2.24, 2.45) is 5.73 Å². The lowest BCUT2D eigenvalue weighted by Crippen LogP contribution is -2.15. The topological polar surface area (TPSA) is 56.0 Å². The van der Waals surface area contributed by atoms with Gasteiger partial charge in [0, 0.05) is 0 Å². The van der Waals surface area contributed by atoms with Gasteiger partial charge in [-0.2, -0.15) is 0 Å². The maximum atomic E-state index is 12.4. The summed E-state index contributed by atoms with van der Waals surface area (Å²) in [6, 6.07) is 1.18. The highest BCUT2D eigenvalue weighted by Crippen LogP contribution is 2.29. The average Bonchev–Trinajstić information content (AvgIpc) is 2.01. The highest BCUT2D eigenvalue weighted by atomic mass is 127. The zero-order chi connectivity index (χ0) is 10.9. The van der Waals surface area contributed by atoms with Crippen molar-refractivity contribution in [1.82, 2.24) is 4.98 Å². The summed E-state index contributed by atoms with van der Waals surface area (Å²) in [4.78, 5) is 14.4. The highest BCUT2D eigenvalue weighted by molar-refractivity contribution is 14.1. The Morgan fingerprint density at radius 1 is 1.64 bits per heavy atom. The number of alkyl halides is 2. The van der Waals surface area contributed by atoms with Gasteiger partial charge in [0.05, 0.1) is 11.1 Å². The van der Waals surface area contributed by atoms with Gasteiger partial charge in [-0.25, -0.2) is 13.8 Å². The maximum absolute atomic E-state index is 12.4. The lowest BCUT2D eigenvalue weighted by atomic mass is 10.1. The zero-order valence-corrected chi connectivity index (χ0v) is 9.51. The molecule has 0 radical (unpaired) electrons. The second-order valence-corrected chi connectivity index (χ2v) is 3.83. The molecule has 0 bridgehead atoms. The Morgan fingerprint density at radius 3 is 2.64 bits per heavy atom. The van der Waals surface area contributed by atoms with Gasteiger partial charge < -0.3 is 5.73 Å². The van der Waals surface area contributed by atoms with E-state index >= 15 is 0 Å². The third-order valence-corrected chi connectivity index (χ3v) is 2.31. The fraction of sp³-hybridized carbons (Fsp3) is 0.143. The van der Waals surface area contributed by atoms with Crippen LogP contribution in [-0.2, 0) is 0 Å². The standard InChI is InChI=1S/C7H4ClF2IN2O/c8-5-4(6(9)10)2(7(12)14)1-3(11)13-5/h1,6H,(H2,12,14). The number of carbonyl (C=O) groups is 1. The molecule has 1 heterocycles. The summed E-state index contributed by atoms with van der Waals surface area (Å²) in [7, 11) is 0. The Bertz CT molecular complexity index is 386. The number of hydrogen-bond donors (Lipinski definition) is 1. The highest BCUT2D eigenvalue weighted by Gasteiger charge is 2.22. The normalized spacial score (nSPS) is 10.6. The van der Waals surface area contributed by atoms with E-state index in [0.29, 0.717) is 3.70 Å². The third-order valence-electron chi connectivity index (χ3n) is 1.46. The van der Waals surface area contributed by atoms with E-state index in [9.17, 15) is 13.6 Å². The molecule has 0 saturated heterocycles. The molecule has 76 valence electrons. The summed E-state index contributed by atoms with van der Waals surface area (Å²) in [6.45, 7) is 0. The Morgan fingerprint density at radius 2 is 2.21 bits per heavy atom. The quantitative estimate of drug-likeness (QED) is 0.668. The molecule has 1 amide bonds. The number of halogens is 4. The largest absolute Gasteiger partial charge is 0.366 e. The van der Waals surface area contributed by atoms with E-state index < -0.39 is 17.9 Å². The van der Waals surface area contributed by atoms with Crippen LogP contribution in [0.5, 0.6) is 0 Å². The first kappa shape index (κ1) is 11.6. The molecular formula is C7H4ClF2IN2O. The number of nitrogens with two attached hydrogens (primary N) is 1. The second kappa shape index (κ2) is 4.35. The van der Waals surface area contributed by atoms with Crippen LogP contribution in [0.3, 0.4) is 0 Å². The molecule has 0 spiro atoms. The van der Waals surface area contributed by atoms with Gasteiger partial charge in [-0.3, -0.25) is 4.79 Å². The number of hydrogen-bond acceptors (Lipinski definition) is 2. The molecule has 2 N–H and O–H groups in total. The van der Waals surface area contributed by atoms with Gasteiger partial charge in [-0.1, -0.05) is 11.6 Å². The van der Waals surface area contributed by atoms with E-state index in [1.165, 1.54) is 6.07 Å². The van der Waals surface area contributed by atoms with Crippen LogP contribution in [0.1, 0.15) is 22.3 Å². The van der Waals surface area contributed by atoms with Gasteiger partial charge in [-0.15, -0.1) is 0 Å². The first-order chi connectivity index (χ1) is 6.43. The van der Waals surface area contributed by atoms with Crippen molar-refractivity contribution in [3.05, 3.63) is 26.0 Å². The van der Waals surface area contributed by atoms with Gasteiger partial charge in [0.15, 0.2) is 0 Å². The van der Waals surface area contributed by atoms with Gasteiger partial charge >= 0.3 is 0 Å².